The number of rotatable bonds is 2. The highest BCUT2D eigenvalue weighted by atomic mass is 16.5. The number of nitrogens with zero attached hydrogens (tertiary/aromatic N) is 1. The topological polar surface area (TPSA) is 48.4 Å². The van der Waals surface area contributed by atoms with E-state index in [0.29, 0.717) is 18.3 Å². The van der Waals surface area contributed by atoms with Gasteiger partial charge in [0.25, 0.3) is 0 Å². The van der Waals surface area contributed by atoms with Crippen molar-refractivity contribution in [3.05, 3.63) is 30.1 Å². The van der Waals surface area contributed by atoms with Gasteiger partial charge in [0.05, 0.1) is 18.3 Å². The van der Waals surface area contributed by atoms with Gasteiger partial charge >= 0.3 is 5.97 Å². The summed E-state index contributed by atoms with van der Waals surface area (Å²) in [6, 6.07) is 3.37. The van der Waals surface area contributed by atoms with Crippen molar-refractivity contribution in [2.45, 2.75) is 26.4 Å². The van der Waals surface area contributed by atoms with E-state index in [1.54, 1.807) is 25.3 Å². The molecule has 0 bridgehead atoms. The van der Waals surface area contributed by atoms with E-state index >= 15 is 0 Å². The third kappa shape index (κ3) is 4.40. The van der Waals surface area contributed by atoms with Gasteiger partial charge in [0, 0.05) is 19.0 Å². The third-order valence-electron chi connectivity index (χ3n) is 2.10. The molecule has 16 heavy (non-hydrogen) atoms. The molecule has 2 rings (SSSR count). The Kier molecular flexibility index (Phi) is 5.50. The van der Waals surface area contributed by atoms with Gasteiger partial charge in [-0.1, -0.05) is 0 Å². The Morgan fingerprint density at radius 2 is 2.38 bits per heavy atom. The molecule has 1 aliphatic heterocycles. The monoisotopic (exact) mass is 223 g/mol. The highest BCUT2D eigenvalue weighted by Crippen LogP contribution is 2.07. The average Bonchev–Trinajstić information content (AvgIpc) is 2.29. The number of hydrogen-bond acceptors (Lipinski definition) is 4. The lowest BCUT2D eigenvalue weighted by molar-refractivity contribution is -0.0375. The Balaban J connectivity index is 0.000000212. The molecule has 0 spiro atoms. The zero-order valence-electron chi connectivity index (χ0n) is 9.68. The van der Waals surface area contributed by atoms with Crippen molar-refractivity contribution in [2.24, 2.45) is 0 Å². The van der Waals surface area contributed by atoms with Gasteiger partial charge in [0.15, 0.2) is 0 Å². The minimum atomic E-state index is -0.319. The minimum Gasteiger partial charge on any atom is -0.462 e. The van der Waals surface area contributed by atoms with Crippen LogP contribution in [0.1, 0.15) is 30.6 Å². The van der Waals surface area contributed by atoms with Crippen molar-refractivity contribution in [1.29, 1.82) is 0 Å². The second-order valence-electron chi connectivity index (χ2n) is 3.43. The SMILES string of the molecule is CC1CCO1.CCOC(=O)c1cccnc1. The Morgan fingerprint density at radius 1 is 1.69 bits per heavy atom. The maximum atomic E-state index is 11.0. The van der Waals surface area contributed by atoms with Crippen LogP contribution in [0, 0.1) is 0 Å². The number of esters is 1. The second-order valence-corrected chi connectivity index (χ2v) is 3.43. The number of carbonyl (C=O) groups is 1. The predicted octanol–water partition coefficient (Wildman–Crippen LogP) is 2.05. The molecule has 88 valence electrons. The van der Waals surface area contributed by atoms with Gasteiger partial charge in [-0.25, -0.2) is 4.79 Å². The highest BCUT2D eigenvalue weighted by molar-refractivity contribution is 5.88. The van der Waals surface area contributed by atoms with Crippen molar-refractivity contribution in [3.8, 4) is 0 Å². The molecule has 1 saturated heterocycles. The quantitative estimate of drug-likeness (QED) is 0.720. The molecule has 1 aromatic rings. The van der Waals surface area contributed by atoms with Crippen molar-refractivity contribution in [2.75, 3.05) is 13.2 Å². The molecule has 1 unspecified atom stereocenters. The van der Waals surface area contributed by atoms with Crippen LogP contribution in [-0.4, -0.2) is 30.3 Å². The molecule has 4 heteroatoms. The van der Waals surface area contributed by atoms with Crippen LogP contribution in [0.5, 0.6) is 0 Å². The van der Waals surface area contributed by atoms with Crippen molar-refractivity contribution in [1.82, 2.24) is 4.98 Å². The summed E-state index contributed by atoms with van der Waals surface area (Å²) in [7, 11) is 0. The molecule has 2 heterocycles. The number of carbonyl (C=O) groups excluding carboxylic acids is 1. The number of aromatic nitrogens is 1. The van der Waals surface area contributed by atoms with Gasteiger partial charge < -0.3 is 9.47 Å². The van der Waals surface area contributed by atoms with Gasteiger partial charge in [0.1, 0.15) is 0 Å². The van der Waals surface area contributed by atoms with Gasteiger partial charge in [0.2, 0.25) is 0 Å². The summed E-state index contributed by atoms with van der Waals surface area (Å²) >= 11 is 0. The molecular formula is C12H17NO3. The van der Waals surface area contributed by atoms with Crippen LogP contribution in [0.25, 0.3) is 0 Å². The van der Waals surface area contributed by atoms with Crippen molar-refractivity contribution in [3.63, 3.8) is 0 Å². The summed E-state index contributed by atoms with van der Waals surface area (Å²) in [5, 5.41) is 0. The third-order valence-corrected chi connectivity index (χ3v) is 2.10. The maximum absolute atomic E-state index is 11.0. The zero-order valence-corrected chi connectivity index (χ0v) is 9.68. The summed E-state index contributed by atoms with van der Waals surface area (Å²) in [5.74, 6) is -0.319. The first-order valence-corrected chi connectivity index (χ1v) is 5.42. The summed E-state index contributed by atoms with van der Waals surface area (Å²) in [6.45, 7) is 5.24. The fourth-order valence-corrected chi connectivity index (χ4v) is 1.05. The Labute approximate surface area is 95.6 Å². The van der Waals surface area contributed by atoms with Gasteiger partial charge in [-0.15, -0.1) is 0 Å². The molecule has 0 saturated carbocycles. The van der Waals surface area contributed by atoms with E-state index in [9.17, 15) is 4.79 Å². The van der Waals surface area contributed by atoms with Crippen molar-refractivity contribution < 1.29 is 14.3 Å². The lowest BCUT2D eigenvalue weighted by Gasteiger charge is -2.20. The fourth-order valence-electron chi connectivity index (χ4n) is 1.05. The molecule has 0 amide bonds. The van der Waals surface area contributed by atoms with Crippen LogP contribution in [0.15, 0.2) is 24.5 Å². The van der Waals surface area contributed by atoms with Gasteiger partial charge in [-0.3, -0.25) is 4.98 Å². The van der Waals surface area contributed by atoms with E-state index in [2.05, 4.69) is 11.9 Å². The molecule has 0 radical (unpaired) electrons. The summed E-state index contributed by atoms with van der Waals surface area (Å²) in [6.07, 6.45) is 4.93. The largest absolute Gasteiger partial charge is 0.462 e. The number of hydrogen-bond donors (Lipinski definition) is 0. The average molecular weight is 223 g/mol. The van der Waals surface area contributed by atoms with E-state index in [0.717, 1.165) is 6.61 Å². The predicted molar refractivity (Wildman–Crippen MR) is 60.2 cm³/mol. The normalized spacial score (nSPS) is 17.8. The van der Waals surface area contributed by atoms with E-state index in [1.807, 2.05) is 0 Å². The van der Waals surface area contributed by atoms with E-state index in [4.69, 9.17) is 9.47 Å². The Bertz CT molecular complexity index is 309. The fraction of sp³-hybridized carbons (Fsp3) is 0.500. The summed E-state index contributed by atoms with van der Waals surface area (Å²) < 4.78 is 9.68. The highest BCUT2D eigenvalue weighted by Gasteiger charge is 2.09. The molecule has 0 aliphatic carbocycles. The lowest BCUT2D eigenvalue weighted by Crippen LogP contribution is -2.22. The van der Waals surface area contributed by atoms with Crippen LogP contribution >= 0.6 is 0 Å². The van der Waals surface area contributed by atoms with E-state index in [-0.39, 0.29) is 5.97 Å². The molecule has 0 aromatic carbocycles. The molecule has 1 fully saturated rings. The summed E-state index contributed by atoms with van der Waals surface area (Å²) in [5.41, 5.74) is 0.495. The van der Waals surface area contributed by atoms with E-state index < -0.39 is 0 Å². The molecule has 1 aliphatic rings. The van der Waals surface area contributed by atoms with Crippen LogP contribution in [0.3, 0.4) is 0 Å². The van der Waals surface area contributed by atoms with Crippen LogP contribution in [0.4, 0.5) is 0 Å². The first kappa shape index (κ1) is 12.6. The number of ether oxygens (including phenoxy) is 2. The van der Waals surface area contributed by atoms with Crippen molar-refractivity contribution >= 4 is 5.97 Å². The van der Waals surface area contributed by atoms with Crippen LogP contribution in [0.2, 0.25) is 0 Å². The Hall–Kier alpha value is -1.42. The summed E-state index contributed by atoms with van der Waals surface area (Å²) in [4.78, 5) is 14.8. The minimum absolute atomic E-state index is 0.319. The Morgan fingerprint density at radius 3 is 2.75 bits per heavy atom. The van der Waals surface area contributed by atoms with E-state index in [1.165, 1.54) is 12.6 Å². The van der Waals surface area contributed by atoms with Gasteiger partial charge in [-0.2, -0.15) is 0 Å². The zero-order chi connectivity index (χ0) is 11.8. The first-order valence-electron chi connectivity index (χ1n) is 5.42. The van der Waals surface area contributed by atoms with Gasteiger partial charge in [-0.05, 0) is 32.4 Å². The molecular weight excluding hydrogens is 206 g/mol. The smallest absolute Gasteiger partial charge is 0.339 e. The standard InChI is InChI=1S/C8H9NO2.C4H8O/c1-2-11-8(10)7-4-3-5-9-6-7;1-4-2-3-5-4/h3-6H,2H2,1H3;4H,2-3H2,1H3. The molecule has 4 nitrogen and oxygen atoms in total. The molecule has 1 aromatic heterocycles. The number of pyridine rings is 1. The lowest BCUT2D eigenvalue weighted by atomic mass is 10.2. The molecule has 1 atom stereocenters. The molecule has 0 N–H and O–H groups in total. The maximum Gasteiger partial charge on any atom is 0.339 e. The van der Waals surface area contributed by atoms with Crippen LogP contribution in [-0.2, 0) is 9.47 Å². The second kappa shape index (κ2) is 6.95. The van der Waals surface area contributed by atoms with Crippen LogP contribution < -0.4 is 0 Å². The first-order chi connectivity index (χ1) is 7.74.